The molecule has 1 fully saturated rings. The second kappa shape index (κ2) is 2.86. The van der Waals surface area contributed by atoms with Crippen LogP contribution in [0.15, 0.2) is 6.20 Å². The number of hydrogen-bond donors (Lipinski definition) is 0. The minimum absolute atomic E-state index is 0.663. The fraction of sp³-hybridized carbons (Fsp3) is 0.500. The van der Waals surface area contributed by atoms with Gasteiger partial charge >= 0.3 is 0 Å². The normalized spacial score (nSPS) is 16.1. The van der Waals surface area contributed by atoms with Gasteiger partial charge in [-0.05, 0) is 12.8 Å². The number of aromatic nitrogens is 1. The zero-order valence-corrected chi connectivity index (χ0v) is 7.67. The lowest BCUT2D eigenvalue weighted by Gasteiger charge is -2.13. The lowest BCUT2D eigenvalue weighted by atomic mass is 10.6. The Hall–Kier alpha value is -0.900. The van der Waals surface area contributed by atoms with Crippen molar-refractivity contribution >= 4 is 22.8 Å². The third-order valence-corrected chi connectivity index (χ3v) is 3.04. The first-order chi connectivity index (χ1) is 5.81. The molecular formula is C8H10N2OS. The van der Waals surface area contributed by atoms with Crippen molar-refractivity contribution in [1.82, 2.24) is 4.98 Å². The molecule has 1 aromatic rings. The van der Waals surface area contributed by atoms with E-state index < -0.39 is 0 Å². The number of thiazole rings is 1. The van der Waals surface area contributed by atoms with Crippen LogP contribution in [0.4, 0.5) is 5.13 Å². The summed E-state index contributed by atoms with van der Waals surface area (Å²) in [6, 6.07) is 0.663. The molecule has 1 saturated carbocycles. The lowest BCUT2D eigenvalue weighted by Crippen LogP contribution is -2.18. The Kier molecular flexibility index (Phi) is 1.84. The molecule has 1 aliphatic rings. The van der Waals surface area contributed by atoms with Gasteiger partial charge < -0.3 is 4.90 Å². The summed E-state index contributed by atoms with van der Waals surface area (Å²) in [5, 5.41) is 0.958. The first-order valence-corrected chi connectivity index (χ1v) is 4.77. The van der Waals surface area contributed by atoms with Gasteiger partial charge in [-0.2, -0.15) is 0 Å². The summed E-state index contributed by atoms with van der Waals surface area (Å²) in [4.78, 5) is 17.4. The zero-order valence-electron chi connectivity index (χ0n) is 6.86. The highest BCUT2D eigenvalue weighted by molar-refractivity contribution is 7.17. The van der Waals surface area contributed by atoms with Crippen LogP contribution in [0.1, 0.15) is 22.5 Å². The molecule has 0 N–H and O–H groups in total. The predicted octanol–water partition coefficient (Wildman–Crippen LogP) is 1.55. The van der Waals surface area contributed by atoms with Crippen LogP contribution in [0, 0.1) is 0 Å². The molecule has 4 heteroatoms. The average molecular weight is 182 g/mol. The monoisotopic (exact) mass is 182 g/mol. The quantitative estimate of drug-likeness (QED) is 0.665. The molecule has 0 radical (unpaired) electrons. The molecule has 12 heavy (non-hydrogen) atoms. The van der Waals surface area contributed by atoms with E-state index in [0.717, 1.165) is 11.4 Å². The van der Waals surface area contributed by atoms with Crippen molar-refractivity contribution < 1.29 is 4.79 Å². The maximum Gasteiger partial charge on any atom is 0.185 e. The molecule has 3 nitrogen and oxygen atoms in total. The summed E-state index contributed by atoms with van der Waals surface area (Å²) >= 11 is 1.46. The van der Waals surface area contributed by atoms with Crippen molar-refractivity contribution in [3.05, 3.63) is 11.1 Å². The van der Waals surface area contributed by atoms with Crippen LogP contribution in [-0.2, 0) is 0 Å². The Labute approximate surface area is 75.0 Å². The predicted molar refractivity (Wildman–Crippen MR) is 48.9 cm³/mol. The molecule has 0 aliphatic heterocycles. The number of carbonyl (C=O) groups excluding carboxylic acids is 1. The maximum atomic E-state index is 10.4. The number of anilines is 1. The Balaban J connectivity index is 2.15. The van der Waals surface area contributed by atoms with Crippen molar-refractivity contribution in [3.63, 3.8) is 0 Å². The fourth-order valence-corrected chi connectivity index (χ4v) is 1.88. The molecule has 0 aromatic carbocycles. The Morgan fingerprint density at radius 3 is 3.00 bits per heavy atom. The molecule has 2 rings (SSSR count). The van der Waals surface area contributed by atoms with Crippen LogP contribution in [0.3, 0.4) is 0 Å². The van der Waals surface area contributed by atoms with E-state index in [1.807, 2.05) is 7.05 Å². The van der Waals surface area contributed by atoms with E-state index in [1.165, 1.54) is 24.2 Å². The first kappa shape index (κ1) is 7.73. The molecule has 0 bridgehead atoms. The van der Waals surface area contributed by atoms with Crippen molar-refractivity contribution in [3.8, 4) is 0 Å². The summed E-state index contributed by atoms with van der Waals surface area (Å²) < 4.78 is 0. The Bertz CT molecular complexity index is 293. The van der Waals surface area contributed by atoms with E-state index in [9.17, 15) is 4.79 Å². The van der Waals surface area contributed by atoms with Crippen LogP contribution in [0.25, 0.3) is 0 Å². The molecule has 0 saturated heterocycles. The summed E-state index contributed by atoms with van der Waals surface area (Å²) in [5.74, 6) is 0. The highest BCUT2D eigenvalue weighted by Crippen LogP contribution is 2.31. The molecule has 0 amide bonds. The molecular weight excluding hydrogens is 172 g/mol. The lowest BCUT2D eigenvalue weighted by molar-refractivity contribution is 0.112. The van der Waals surface area contributed by atoms with Crippen LogP contribution >= 0.6 is 11.3 Å². The van der Waals surface area contributed by atoms with E-state index in [-0.39, 0.29) is 0 Å². The van der Waals surface area contributed by atoms with E-state index in [2.05, 4.69) is 9.88 Å². The molecule has 1 aliphatic carbocycles. The minimum Gasteiger partial charge on any atom is -0.348 e. The van der Waals surface area contributed by atoms with Crippen molar-refractivity contribution in [2.75, 3.05) is 11.9 Å². The topological polar surface area (TPSA) is 33.2 Å². The number of rotatable bonds is 3. The van der Waals surface area contributed by atoms with Gasteiger partial charge in [-0.3, -0.25) is 4.79 Å². The fourth-order valence-electron chi connectivity index (χ4n) is 1.11. The largest absolute Gasteiger partial charge is 0.348 e. The van der Waals surface area contributed by atoms with Crippen LogP contribution in [0.5, 0.6) is 0 Å². The van der Waals surface area contributed by atoms with E-state index in [4.69, 9.17) is 0 Å². The third-order valence-electron chi connectivity index (χ3n) is 2.02. The van der Waals surface area contributed by atoms with Gasteiger partial charge in [0.25, 0.3) is 0 Å². The van der Waals surface area contributed by atoms with Crippen molar-refractivity contribution in [2.24, 2.45) is 0 Å². The van der Waals surface area contributed by atoms with Crippen LogP contribution in [-0.4, -0.2) is 24.4 Å². The summed E-state index contributed by atoms with van der Waals surface area (Å²) in [7, 11) is 2.03. The smallest absolute Gasteiger partial charge is 0.185 e. The molecule has 1 heterocycles. The molecule has 1 aromatic heterocycles. The molecule has 0 spiro atoms. The highest BCUT2D eigenvalue weighted by Gasteiger charge is 2.27. The third kappa shape index (κ3) is 1.34. The standard InChI is InChI=1S/C8H10N2OS/c1-10(6-2-3-6)8-9-4-7(5-11)12-8/h4-6H,2-3H2,1H3. The van der Waals surface area contributed by atoms with E-state index >= 15 is 0 Å². The van der Waals surface area contributed by atoms with Gasteiger partial charge in [-0.1, -0.05) is 11.3 Å². The van der Waals surface area contributed by atoms with Gasteiger partial charge in [0.2, 0.25) is 0 Å². The van der Waals surface area contributed by atoms with Crippen LogP contribution < -0.4 is 4.90 Å². The van der Waals surface area contributed by atoms with Gasteiger partial charge in [0.1, 0.15) is 0 Å². The van der Waals surface area contributed by atoms with Gasteiger partial charge in [-0.25, -0.2) is 4.98 Å². The molecule has 0 atom stereocenters. The van der Waals surface area contributed by atoms with Gasteiger partial charge in [0.15, 0.2) is 11.4 Å². The molecule has 0 unspecified atom stereocenters. The second-order valence-corrected chi connectivity index (χ2v) is 4.05. The van der Waals surface area contributed by atoms with Crippen LogP contribution in [0.2, 0.25) is 0 Å². The van der Waals surface area contributed by atoms with Gasteiger partial charge in [0.05, 0.1) is 11.1 Å². The number of hydrogen-bond acceptors (Lipinski definition) is 4. The van der Waals surface area contributed by atoms with Crippen molar-refractivity contribution in [2.45, 2.75) is 18.9 Å². The zero-order chi connectivity index (χ0) is 8.55. The summed E-state index contributed by atoms with van der Waals surface area (Å²) in [6.45, 7) is 0. The summed E-state index contributed by atoms with van der Waals surface area (Å²) in [5.41, 5.74) is 0. The molecule has 64 valence electrons. The SMILES string of the molecule is CN(c1ncc(C=O)s1)C1CC1. The van der Waals surface area contributed by atoms with Gasteiger partial charge in [0, 0.05) is 13.1 Å². The first-order valence-electron chi connectivity index (χ1n) is 3.95. The highest BCUT2D eigenvalue weighted by atomic mass is 32.1. The number of nitrogens with zero attached hydrogens (tertiary/aromatic N) is 2. The second-order valence-electron chi connectivity index (χ2n) is 3.01. The van der Waals surface area contributed by atoms with Gasteiger partial charge in [-0.15, -0.1) is 0 Å². The number of carbonyl (C=O) groups is 1. The Morgan fingerprint density at radius 2 is 2.50 bits per heavy atom. The average Bonchev–Trinajstić information content (AvgIpc) is 2.82. The Morgan fingerprint density at radius 1 is 1.75 bits per heavy atom. The van der Waals surface area contributed by atoms with E-state index in [1.54, 1.807) is 6.20 Å². The summed E-state index contributed by atoms with van der Waals surface area (Å²) in [6.07, 6.45) is 4.99. The minimum atomic E-state index is 0.663. The number of aldehydes is 1. The van der Waals surface area contributed by atoms with Crippen molar-refractivity contribution in [1.29, 1.82) is 0 Å². The maximum absolute atomic E-state index is 10.4. The van der Waals surface area contributed by atoms with E-state index in [0.29, 0.717) is 10.9 Å².